The third-order valence-electron chi connectivity index (χ3n) is 2.30. The van der Waals surface area contributed by atoms with Crippen LogP contribution >= 0.6 is 11.3 Å². The Morgan fingerprint density at radius 1 is 1.25 bits per heavy atom. The SMILES string of the molecule is Fc1ccc(F)c(-c2cn3ccsc3n2)c1. The first-order chi connectivity index (χ1) is 7.74. The van der Waals surface area contributed by atoms with Gasteiger partial charge >= 0.3 is 0 Å². The Morgan fingerprint density at radius 2 is 2.12 bits per heavy atom. The van der Waals surface area contributed by atoms with Gasteiger partial charge in [-0.25, -0.2) is 13.8 Å². The molecule has 1 aromatic carbocycles. The van der Waals surface area contributed by atoms with E-state index >= 15 is 0 Å². The Hall–Kier alpha value is -1.75. The van der Waals surface area contributed by atoms with Gasteiger partial charge in [-0.1, -0.05) is 0 Å². The van der Waals surface area contributed by atoms with Crippen LogP contribution in [0.25, 0.3) is 16.2 Å². The highest BCUT2D eigenvalue weighted by atomic mass is 32.1. The molecule has 16 heavy (non-hydrogen) atoms. The molecule has 3 aromatic rings. The van der Waals surface area contributed by atoms with Crippen LogP contribution in [0.15, 0.2) is 36.0 Å². The number of hydrogen-bond acceptors (Lipinski definition) is 2. The van der Waals surface area contributed by atoms with Crippen molar-refractivity contribution in [3.8, 4) is 11.3 Å². The van der Waals surface area contributed by atoms with Crippen LogP contribution in [0.5, 0.6) is 0 Å². The van der Waals surface area contributed by atoms with Crippen molar-refractivity contribution in [2.24, 2.45) is 0 Å². The summed E-state index contributed by atoms with van der Waals surface area (Å²) in [4.78, 5) is 4.98. The maximum absolute atomic E-state index is 13.5. The number of aromatic nitrogens is 2. The molecular weight excluding hydrogens is 230 g/mol. The van der Waals surface area contributed by atoms with E-state index in [2.05, 4.69) is 4.98 Å². The predicted octanol–water partition coefficient (Wildman–Crippen LogP) is 3.34. The van der Waals surface area contributed by atoms with E-state index in [0.29, 0.717) is 5.69 Å². The van der Waals surface area contributed by atoms with Gasteiger partial charge < -0.3 is 0 Å². The van der Waals surface area contributed by atoms with Crippen molar-refractivity contribution < 1.29 is 8.78 Å². The lowest BCUT2D eigenvalue weighted by Gasteiger charge is -1.98. The number of benzene rings is 1. The Kier molecular flexibility index (Phi) is 2.00. The number of hydrogen-bond donors (Lipinski definition) is 0. The third-order valence-corrected chi connectivity index (χ3v) is 3.07. The molecule has 80 valence electrons. The summed E-state index contributed by atoms with van der Waals surface area (Å²) in [6.07, 6.45) is 3.51. The summed E-state index contributed by atoms with van der Waals surface area (Å²) in [5, 5.41) is 1.88. The average molecular weight is 236 g/mol. The van der Waals surface area contributed by atoms with Gasteiger partial charge in [0.05, 0.1) is 5.69 Å². The second kappa shape index (κ2) is 3.38. The van der Waals surface area contributed by atoms with Crippen LogP contribution in [0, 0.1) is 11.6 Å². The fourth-order valence-corrected chi connectivity index (χ4v) is 2.25. The highest BCUT2D eigenvalue weighted by Crippen LogP contribution is 2.24. The van der Waals surface area contributed by atoms with Gasteiger partial charge in [-0.2, -0.15) is 0 Å². The zero-order chi connectivity index (χ0) is 11.1. The summed E-state index contributed by atoms with van der Waals surface area (Å²) in [7, 11) is 0. The van der Waals surface area contributed by atoms with Crippen LogP contribution in [0.2, 0.25) is 0 Å². The van der Waals surface area contributed by atoms with Gasteiger partial charge in [0.1, 0.15) is 11.6 Å². The molecule has 0 aliphatic heterocycles. The minimum atomic E-state index is -0.466. The quantitative estimate of drug-likeness (QED) is 0.633. The predicted molar refractivity (Wildman–Crippen MR) is 58.4 cm³/mol. The van der Waals surface area contributed by atoms with Gasteiger partial charge in [0, 0.05) is 23.3 Å². The van der Waals surface area contributed by atoms with Gasteiger partial charge in [-0.3, -0.25) is 4.40 Å². The monoisotopic (exact) mass is 236 g/mol. The second-order valence-corrected chi connectivity index (χ2v) is 4.22. The van der Waals surface area contributed by atoms with Crippen LogP contribution in [-0.4, -0.2) is 9.38 Å². The lowest BCUT2D eigenvalue weighted by Crippen LogP contribution is -1.86. The molecule has 0 aliphatic rings. The van der Waals surface area contributed by atoms with Crippen molar-refractivity contribution in [1.82, 2.24) is 9.38 Å². The number of imidazole rings is 1. The summed E-state index contributed by atoms with van der Waals surface area (Å²) in [5.74, 6) is -0.931. The first-order valence-electron chi connectivity index (χ1n) is 4.62. The normalized spacial score (nSPS) is 11.1. The maximum Gasteiger partial charge on any atom is 0.194 e. The number of fused-ring (bicyclic) bond motifs is 1. The Bertz CT molecular complexity index is 628. The summed E-state index contributed by atoms with van der Waals surface area (Å²) < 4.78 is 28.3. The largest absolute Gasteiger partial charge is 0.297 e. The van der Waals surface area contributed by atoms with E-state index in [1.807, 2.05) is 11.6 Å². The minimum absolute atomic E-state index is 0.191. The maximum atomic E-state index is 13.5. The molecule has 0 saturated heterocycles. The van der Waals surface area contributed by atoms with Crippen molar-refractivity contribution in [3.05, 3.63) is 47.6 Å². The zero-order valence-corrected chi connectivity index (χ0v) is 8.84. The standard InChI is InChI=1S/C11H6F2N2S/c12-7-1-2-9(13)8(5-7)10-6-15-3-4-16-11(15)14-10/h1-6H. The highest BCUT2D eigenvalue weighted by molar-refractivity contribution is 7.15. The zero-order valence-electron chi connectivity index (χ0n) is 8.02. The summed E-state index contributed by atoms with van der Waals surface area (Å²) in [6, 6.07) is 3.36. The molecule has 0 aliphatic carbocycles. The second-order valence-electron chi connectivity index (χ2n) is 3.34. The fraction of sp³-hybridized carbons (Fsp3) is 0. The van der Waals surface area contributed by atoms with Crippen molar-refractivity contribution in [2.45, 2.75) is 0 Å². The van der Waals surface area contributed by atoms with Crippen LogP contribution < -0.4 is 0 Å². The summed E-state index contributed by atoms with van der Waals surface area (Å²) >= 11 is 1.45. The molecule has 0 radical (unpaired) electrons. The van der Waals surface area contributed by atoms with Crippen LogP contribution in [0.1, 0.15) is 0 Å². The topological polar surface area (TPSA) is 17.3 Å². The van der Waals surface area contributed by atoms with Gasteiger partial charge in [0.25, 0.3) is 0 Å². The van der Waals surface area contributed by atoms with Crippen molar-refractivity contribution in [2.75, 3.05) is 0 Å². The minimum Gasteiger partial charge on any atom is -0.297 e. The number of thiazole rings is 1. The first-order valence-corrected chi connectivity index (χ1v) is 5.49. The molecule has 2 heterocycles. The van der Waals surface area contributed by atoms with E-state index in [1.54, 1.807) is 10.6 Å². The van der Waals surface area contributed by atoms with E-state index in [0.717, 1.165) is 23.2 Å². The number of rotatable bonds is 1. The van der Waals surface area contributed by atoms with E-state index < -0.39 is 11.6 Å². The molecule has 0 unspecified atom stereocenters. The molecule has 0 amide bonds. The summed E-state index contributed by atoms with van der Waals surface area (Å²) in [6.45, 7) is 0. The molecule has 5 heteroatoms. The molecule has 0 N–H and O–H groups in total. The molecule has 0 atom stereocenters. The van der Waals surface area contributed by atoms with Crippen LogP contribution in [0.4, 0.5) is 8.78 Å². The third kappa shape index (κ3) is 1.40. The molecule has 3 rings (SSSR count). The molecule has 0 spiro atoms. The molecular formula is C11H6F2N2S. The van der Waals surface area contributed by atoms with Crippen molar-refractivity contribution in [3.63, 3.8) is 0 Å². The Morgan fingerprint density at radius 3 is 2.94 bits per heavy atom. The molecule has 2 nitrogen and oxygen atoms in total. The molecule has 0 bridgehead atoms. The van der Waals surface area contributed by atoms with Gasteiger partial charge in [-0.15, -0.1) is 11.3 Å². The smallest absolute Gasteiger partial charge is 0.194 e. The molecule has 0 fully saturated rings. The van der Waals surface area contributed by atoms with E-state index in [4.69, 9.17) is 0 Å². The number of halogens is 2. The lowest BCUT2D eigenvalue weighted by atomic mass is 10.1. The fourth-order valence-electron chi connectivity index (χ4n) is 1.55. The van der Waals surface area contributed by atoms with Crippen molar-refractivity contribution >= 4 is 16.3 Å². The lowest BCUT2D eigenvalue weighted by molar-refractivity contribution is 0.603. The van der Waals surface area contributed by atoms with Gasteiger partial charge in [-0.05, 0) is 18.2 Å². The molecule has 2 aromatic heterocycles. The molecule has 0 saturated carbocycles. The average Bonchev–Trinajstić information content (AvgIpc) is 2.81. The first kappa shape index (κ1) is 9.47. The number of nitrogens with zero attached hydrogens (tertiary/aromatic N) is 2. The summed E-state index contributed by atoms with van der Waals surface area (Å²) in [5.41, 5.74) is 0.639. The Labute approximate surface area is 93.8 Å². The van der Waals surface area contributed by atoms with Gasteiger partial charge in [0.15, 0.2) is 4.96 Å². The van der Waals surface area contributed by atoms with E-state index in [9.17, 15) is 8.78 Å². The Balaban J connectivity index is 2.22. The van der Waals surface area contributed by atoms with Gasteiger partial charge in [0.2, 0.25) is 0 Å². The van der Waals surface area contributed by atoms with E-state index in [1.165, 1.54) is 11.3 Å². The highest BCUT2D eigenvalue weighted by Gasteiger charge is 2.10. The van der Waals surface area contributed by atoms with E-state index in [-0.39, 0.29) is 5.56 Å². The van der Waals surface area contributed by atoms with Crippen LogP contribution in [0.3, 0.4) is 0 Å². The van der Waals surface area contributed by atoms with Crippen molar-refractivity contribution in [1.29, 1.82) is 0 Å². The van der Waals surface area contributed by atoms with Crippen LogP contribution in [-0.2, 0) is 0 Å².